The molecule has 15 heavy (non-hydrogen) atoms. The second-order valence-corrected chi connectivity index (χ2v) is 5.11. The molecule has 1 saturated heterocycles. The SMILES string of the molecule is C=C(CNCCC)CSCC1CCCO1. The number of hydrogen-bond acceptors (Lipinski definition) is 3. The van der Waals surface area contributed by atoms with Crippen LogP contribution in [0, 0.1) is 0 Å². The predicted octanol–water partition coefficient (Wildman–Crippen LogP) is 2.45. The second kappa shape index (κ2) is 8.20. The first-order chi connectivity index (χ1) is 7.33. The molecule has 1 heterocycles. The highest BCUT2D eigenvalue weighted by molar-refractivity contribution is 7.99. The molecule has 1 rings (SSSR count). The minimum atomic E-state index is 0.506. The highest BCUT2D eigenvalue weighted by atomic mass is 32.2. The van der Waals surface area contributed by atoms with Crippen LogP contribution in [0.25, 0.3) is 0 Å². The summed E-state index contributed by atoms with van der Waals surface area (Å²) in [6.07, 6.45) is 4.18. The molecule has 0 aromatic carbocycles. The lowest BCUT2D eigenvalue weighted by Crippen LogP contribution is -2.18. The molecule has 1 fully saturated rings. The van der Waals surface area contributed by atoms with Gasteiger partial charge in [0.2, 0.25) is 0 Å². The normalized spacial score (nSPS) is 20.7. The molecule has 1 aliphatic heterocycles. The van der Waals surface area contributed by atoms with E-state index < -0.39 is 0 Å². The summed E-state index contributed by atoms with van der Waals surface area (Å²) in [6.45, 7) is 9.27. The molecule has 88 valence electrons. The van der Waals surface area contributed by atoms with Crippen LogP contribution in [-0.4, -0.2) is 37.3 Å². The van der Waals surface area contributed by atoms with Gasteiger partial charge in [-0.2, -0.15) is 11.8 Å². The van der Waals surface area contributed by atoms with Crippen LogP contribution in [0.15, 0.2) is 12.2 Å². The quantitative estimate of drug-likeness (QED) is 0.510. The smallest absolute Gasteiger partial charge is 0.0666 e. The van der Waals surface area contributed by atoms with Gasteiger partial charge in [-0.15, -0.1) is 0 Å². The molecular weight excluding hydrogens is 206 g/mol. The maximum absolute atomic E-state index is 5.57. The van der Waals surface area contributed by atoms with Gasteiger partial charge >= 0.3 is 0 Å². The van der Waals surface area contributed by atoms with Crippen LogP contribution in [0.4, 0.5) is 0 Å². The van der Waals surface area contributed by atoms with Gasteiger partial charge in [0, 0.05) is 24.7 Å². The molecule has 1 N–H and O–H groups in total. The molecule has 0 spiro atoms. The van der Waals surface area contributed by atoms with Gasteiger partial charge in [-0.05, 0) is 25.8 Å². The Hall–Kier alpha value is 0.01000. The Labute approximate surface area is 97.8 Å². The van der Waals surface area contributed by atoms with Crippen LogP contribution in [0.2, 0.25) is 0 Å². The zero-order valence-electron chi connectivity index (χ0n) is 9.76. The molecule has 0 bridgehead atoms. The number of rotatable bonds is 8. The summed E-state index contributed by atoms with van der Waals surface area (Å²) >= 11 is 1.95. The monoisotopic (exact) mass is 229 g/mol. The third kappa shape index (κ3) is 6.23. The fraction of sp³-hybridized carbons (Fsp3) is 0.833. The maximum atomic E-state index is 5.57. The summed E-state index contributed by atoms with van der Waals surface area (Å²) in [5.41, 5.74) is 1.30. The van der Waals surface area contributed by atoms with E-state index in [9.17, 15) is 0 Å². The average Bonchev–Trinajstić information content (AvgIpc) is 2.71. The fourth-order valence-electron chi connectivity index (χ4n) is 1.60. The summed E-state index contributed by atoms with van der Waals surface area (Å²) in [4.78, 5) is 0. The van der Waals surface area contributed by atoms with Gasteiger partial charge in [0.1, 0.15) is 0 Å². The summed E-state index contributed by atoms with van der Waals surface area (Å²) in [5.74, 6) is 2.20. The van der Waals surface area contributed by atoms with Crippen LogP contribution in [0.3, 0.4) is 0 Å². The van der Waals surface area contributed by atoms with E-state index in [0.29, 0.717) is 6.10 Å². The van der Waals surface area contributed by atoms with Crippen molar-refractivity contribution in [3.8, 4) is 0 Å². The number of ether oxygens (including phenoxy) is 1. The molecular formula is C12H23NOS. The zero-order chi connectivity index (χ0) is 10.9. The third-order valence-electron chi connectivity index (χ3n) is 2.44. The summed E-state index contributed by atoms with van der Waals surface area (Å²) < 4.78 is 5.57. The molecule has 1 atom stereocenters. The van der Waals surface area contributed by atoms with Crippen molar-refractivity contribution in [2.45, 2.75) is 32.3 Å². The van der Waals surface area contributed by atoms with Crippen molar-refractivity contribution in [2.24, 2.45) is 0 Å². The van der Waals surface area contributed by atoms with Crippen molar-refractivity contribution in [1.29, 1.82) is 0 Å². The van der Waals surface area contributed by atoms with Crippen LogP contribution in [0.1, 0.15) is 26.2 Å². The highest BCUT2D eigenvalue weighted by Gasteiger charge is 2.14. The third-order valence-corrected chi connectivity index (χ3v) is 3.66. The first-order valence-electron chi connectivity index (χ1n) is 5.89. The van der Waals surface area contributed by atoms with Gasteiger partial charge < -0.3 is 10.1 Å². The Kier molecular flexibility index (Phi) is 7.14. The van der Waals surface area contributed by atoms with Gasteiger partial charge in [0.15, 0.2) is 0 Å². The van der Waals surface area contributed by atoms with Gasteiger partial charge in [0.25, 0.3) is 0 Å². The van der Waals surface area contributed by atoms with Crippen LogP contribution >= 0.6 is 11.8 Å². The van der Waals surface area contributed by atoms with Crippen molar-refractivity contribution in [3.05, 3.63) is 12.2 Å². The molecule has 0 aromatic heterocycles. The average molecular weight is 229 g/mol. The predicted molar refractivity (Wildman–Crippen MR) is 68.6 cm³/mol. The van der Waals surface area contributed by atoms with Crippen molar-refractivity contribution < 1.29 is 4.74 Å². The van der Waals surface area contributed by atoms with E-state index >= 15 is 0 Å². The first-order valence-corrected chi connectivity index (χ1v) is 7.05. The molecule has 2 nitrogen and oxygen atoms in total. The van der Waals surface area contributed by atoms with E-state index in [1.54, 1.807) is 0 Å². The Morgan fingerprint density at radius 3 is 3.13 bits per heavy atom. The molecule has 0 aromatic rings. The summed E-state index contributed by atoms with van der Waals surface area (Å²) in [7, 11) is 0. The summed E-state index contributed by atoms with van der Waals surface area (Å²) in [6, 6.07) is 0. The zero-order valence-corrected chi connectivity index (χ0v) is 10.6. The van der Waals surface area contributed by atoms with Crippen LogP contribution in [0.5, 0.6) is 0 Å². The minimum absolute atomic E-state index is 0.506. The first kappa shape index (κ1) is 13.1. The number of thioether (sulfide) groups is 1. The van der Waals surface area contributed by atoms with Crippen LogP contribution < -0.4 is 5.32 Å². The van der Waals surface area contributed by atoms with E-state index in [0.717, 1.165) is 31.2 Å². The van der Waals surface area contributed by atoms with E-state index in [1.165, 1.54) is 24.8 Å². The maximum Gasteiger partial charge on any atom is 0.0666 e. The molecule has 0 saturated carbocycles. The molecule has 1 unspecified atom stereocenters. The number of nitrogens with one attached hydrogen (secondary N) is 1. The lowest BCUT2D eigenvalue weighted by molar-refractivity contribution is 0.129. The Bertz CT molecular complexity index is 178. The Balaban J connectivity index is 1.91. The van der Waals surface area contributed by atoms with Gasteiger partial charge in [-0.3, -0.25) is 0 Å². The lowest BCUT2D eigenvalue weighted by atomic mass is 10.3. The van der Waals surface area contributed by atoms with Gasteiger partial charge in [-0.25, -0.2) is 0 Å². The summed E-state index contributed by atoms with van der Waals surface area (Å²) in [5, 5.41) is 3.37. The number of hydrogen-bond donors (Lipinski definition) is 1. The van der Waals surface area contributed by atoms with Crippen molar-refractivity contribution in [2.75, 3.05) is 31.2 Å². The molecule has 0 amide bonds. The standard InChI is InChI=1S/C12H23NOS/c1-3-6-13-8-11(2)9-15-10-12-5-4-7-14-12/h12-13H,2-10H2,1H3. The van der Waals surface area contributed by atoms with E-state index in [-0.39, 0.29) is 0 Å². The van der Waals surface area contributed by atoms with Crippen molar-refractivity contribution in [1.82, 2.24) is 5.32 Å². The fourth-order valence-corrected chi connectivity index (χ4v) is 2.64. The van der Waals surface area contributed by atoms with E-state index in [4.69, 9.17) is 4.74 Å². The minimum Gasteiger partial charge on any atom is -0.377 e. The van der Waals surface area contributed by atoms with Gasteiger partial charge in [0.05, 0.1) is 6.10 Å². The lowest BCUT2D eigenvalue weighted by Gasteiger charge is -2.10. The van der Waals surface area contributed by atoms with Gasteiger partial charge in [-0.1, -0.05) is 19.1 Å². The molecule has 0 radical (unpaired) electrons. The van der Waals surface area contributed by atoms with E-state index in [2.05, 4.69) is 18.8 Å². The molecule has 0 aliphatic carbocycles. The highest BCUT2D eigenvalue weighted by Crippen LogP contribution is 2.18. The Morgan fingerprint density at radius 2 is 2.47 bits per heavy atom. The second-order valence-electron chi connectivity index (χ2n) is 4.08. The molecule has 3 heteroatoms. The van der Waals surface area contributed by atoms with E-state index in [1.807, 2.05) is 11.8 Å². The molecule has 1 aliphatic rings. The van der Waals surface area contributed by atoms with Crippen LogP contribution in [-0.2, 0) is 4.74 Å². The van der Waals surface area contributed by atoms with Crippen molar-refractivity contribution in [3.63, 3.8) is 0 Å². The van der Waals surface area contributed by atoms with Crippen molar-refractivity contribution >= 4 is 11.8 Å². The topological polar surface area (TPSA) is 21.3 Å². The Morgan fingerprint density at radius 1 is 1.60 bits per heavy atom. The largest absolute Gasteiger partial charge is 0.377 e.